The molecule has 0 spiro atoms. The van der Waals surface area contributed by atoms with E-state index in [-0.39, 0.29) is 17.2 Å². The van der Waals surface area contributed by atoms with Crippen molar-refractivity contribution in [1.82, 2.24) is 4.98 Å². The van der Waals surface area contributed by atoms with Crippen molar-refractivity contribution in [2.45, 2.75) is 11.8 Å². The summed E-state index contributed by atoms with van der Waals surface area (Å²) in [7, 11) is 0. The number of nitrogens with one attached hydrogen (secondary N) is 1. The third kappa shape index (κ3) is 2.06. The van der Waals surface area contributed by atoms with Crippen LogP contribution in [0.15, 0.2) is 11.1 Å². The molecule has 0 radical (unpaired) electrons. The standard InChI is InChI=1S/C8H7FN2O2S/c1-2-13-8(12)7-6(9)5(3-11-7)14-4-10/h3,11H,2H2,1H3. The summed E-state index contributed by atoms with van der Waals surface area (Å²) in [5.74, 6) is -1.50. The van der Waals surface area contributed by atoms with Crippen LogP contribution in [-0.4, -0.2) is 17.6 Å². The number of hydrogen-bond acceptors (Lipinski definition) is 4. The van der Waals surface area contributed by atoms with E-state index in [2.05, 4.69) is 9.72 Å². The Kier molecular flexibility index (Phi) is 3.54. The molecule has 6 heteroatoms. The summed E-state index contributed by atoms with van der Waals surface area (Å²) < 4.78 is 17.9. The molecule has 0 amide bonds. The predicted molar refractivity (Wildman–Crippen MR) is 48.2 cm³/mol. The first-order valence-corrected chi connectivity index (χ1v) is 4.62. The molecule has 0 unspecified atom stereocenters. The summed E-state index contributed by atoms with van der Waals surface area (Å²) in [6.07, 6.45) is 1.26. The van der Waals surface area contributed by atoms with Gasteiger partial charge < -0.3 is 9.72 Å². The van der Waals surface area contributed by atoms with Crippen LogP contribution >= 0.6 is 11.8 Å². The zero-order chi connectivity index (χ0) is 10.6. The van der Waals surface area contributed by atoms with Crippen molar-refractivity contribution in [3.05, 3.63) is 17.7 Å². The molecule has 0 atom stereocenters. The molecular weight excluding hydrogens is 207 g/mol. The molecule has 1 aromatic rings. The van der Waals surface area contributed by atoms with E-state index >= 15 is 0 Å². The molecule has 0 aliphatic heterocycles. The Balaban J connectivity index is 2.90. The number of carbonyl (C=O) groups is 1. The van der Waals surface area contributed by atoms with Gasteiger partial charge in [-0.3, -0.25) is 0 Å². The number of aromatic amines is 1. The van der Waals surface area contributed by atoms with Crippen LogP contribution in [0.4, 0.5) is 4.39 Å². The minimum Gasteiger partial charge on any atom is -0.461 e. The second-order valence-corrected chi connectivity index (χ2v) is 3.08. The van der Waals surface area contributed by atoms with Gasteiger partial charge in [0.05, 0.1) is 11.5 Å². The maximum atomic E-state index is 13.3. The number of aromatic nitrogens is 1. The van der Waals surface area contributed by atoms with Crippen molar-refractivity contribution in [3.63, 3.8) is 0 Å². The SMILES string of the molecule is CCOC(=O)c1[nH]cc(SC#N)c1F. The van der Waals surface area contributed by atoms with E-state index in [1.54, 1.807) is 12.3 Å². The molecule has 0 bridgehead atoms. The highest BCUT2D eigenvalue weighted by atomic mass is 32.2. The fourth-order valence-electron chi connectivity index (χ4n) is 0.863. The smallest absolute Gasteiger partial charge is 0.357 e. The maximum Gasteiger partial charge on any atom is 0.357 e. The van der Waals surface area contributed by atoms with Gasteiger partial charge in [0.15, 0.2) is 11.5 Å². The average Bonchev–Trinajstić information content (AvgIpc) is 2.49. The molecule has 0 saturated carbocycles. The summed E-state index contributed by atoms with van der Waals surface area (Å²) in [5.41, 5.74) is -0.246. The highest BCUT2D eigenvalue weighted by Gasteiger charge is 2.18. The van der Waals surface area contributed by atoms with Gasteiger partial charge in [-0.15, -0.1) is 0 Å². The van der Waals surface area contributed by atoms with Gasteiger partial charge in [0, 0.05) is 6.20 Å². The molecule has 1 N–H and O–H groups in total. The molecular formula is C8H7FN2O2S. The Morgan fingerprint density at radius 1 is 1.86 bits per heavy atom. The molecule has 4 nitrogen and oxygen atoms in total. The highest BCUT2D eigenvalue weighted by molar-refractivity contribution is 8.03. The van der Waals surface area contributed by atoms with Crippen molar-refractivity contribution >= 4 is 17.7 Å². The molecule has 0 aromatic carbocycles. The minimum atomic E-state index is -0.755. The predicted octanol–water partition coefficient (Wildman–Crippen LogP) is 1.90. The Morgan fingerprint density at radius 2 is 2.57 bits per heavy atom. The third-order valence-electron chi connectivity index (χ3n) is 1.42. The van der Waals surface area contributed by atoms with Gasteiger partial charge in [0.1, 0.15) is 5.40 Å². The maximum absolute atomic E-state index is 13.3. The Hall–Kier alpha value is -1.48. The van der Waals surface area contributed by atoms with Crippen LogP contribution in [-0.2, 0) is 4.74 Å². The van der Waals surface area contributed by atoms with E-state index in [0.29, 0.717) is 11.8 Å². The third-order valence-corrected chi connectivity index (χ3v) is 2.03. The molecule has 0 aliphatic carbocycles. The number of nitriles is 1. The van der Waals surface area contributed by atoms with E-state index in [1.807, 2.05) is 0 Å². The van der Waals surface area contributed by atoms with E-state index in [1.165, 1.54) is 6.20 Å². The average molecular weight is 214 g/mol. The van der Waals surface area contributed by atoms with Crippen molar-refractivity contribution < 1.29 is 13.9 Å². The van der Waals surface area contributed by atoms with Crippen LogP contribution in [0.1, 0.15) is 17.4 Å². The lowest BCUT2D eigenvalue weighted by atomic mass is 10.4. The first-order valence-electron chi connectivity index (χ1n) is 3.80. The monoisotopic (exact) mass is 214 g/mol. The number of thiocyanates is 1. The van der Waals surface area contributed by atoms with Crippen molar-refractivity contribution in [2.24, 2.45) is 0 Å². The number of esters is 1. The summed E-state index contributed by atoms with van der Waals surface area (Å²) in [6.45, 7) is 1.81. The van der Waals surface area contributed by atoms with Crippen LogP contribution in [0.5, 0.6) is 0 Å². The van der Waals surface area contributed by atoms with Gasteiger partial charge in [-0.1, -0.05) is 0 Å². The fourth-order valence-corrected chi connectivity index (χ4v) is 1.27. The first kappa shape index (κ1) is 10.6. The van der Waals surface area contributed by atoms with Crippen LogP contribution in [0.2, 0.25) is 0 Å². The number of ether oxygens (including phenoxy) is 1. The minimum absolute atomic E-state index is 0.0931. The number of halogens is 1. The number of hydrogen-bond donors (Lipinski definition) is 1. The van der Waals surface area contributed by atoms with Crippen molar-refractivity contribution in [2.75, 3.05) is 6.61 Å². The number of thioether (sulfide) groups is 1. The lowest BCUT2D eigenvalue weighted by Crippen LogP contribution is -2.06. The molecule has 1 aromatic heterocycles. The summed E-state index contributed by atoms with van der Waals surface area (Å²) in [4.78, 5) is 13.6. The number of carbonyl (C=O) groups excluding carboxylic acids is 1. The van der Waals surface area contributed by atoms with Gasteiger partial charge in [-0.25, -0.2) is 9.18 Å². The van der Waals surface area contributed by atoms with Crippen LogP contribution in [0.3, 0.4) is 0 Å². The second kappa shape index (κ2) is 4.67. The largest absolute Gasteiger partial charge is 0.461 e. The zero-order valence-corrected chi connectivity index (χ0v) is 8.15. The normalized spacial score (nSPS) is 9.50. The molecule has 0 aliphatic rings. The Morgan fingerprint density at radius 3 is 3.14 bits per heavy atom. The molecule has 14 heavy (non-hydrogen) atoms. The number of nitrogens with zero attached hydrogens (tertiary/aromatic N) is 1. The summed E-state index contributed by atoms with van der Waals surface area (Å²) in [5, 5.41) is 10.0. The van der Waals surface area contributed by atoms with Gasteiger partial charge in [0.25, 0.3) is 0 Å². The molecule has 1 heterocycles. The molecule has 0 saturated heterocycles. The summed E-state index contributed by atoms with van der Waals surface area (Å²) in [6, 6.07) is 0. The quantitative estimate of drug-likeness (QED) is 0.474. The van der Waals surface area contributed by atoms with Crippen LogP contribution in [0.25, 0.3) is 0 Å². The molecule has 1 rings (SSSR count). The van der Waals surface area contributed by atoms with Gasteiger partial charge >= 0.3 is 5.97 Å². The van der Waals surface area contributed by atoms with Crippen LogP contribution < -0.4 is 0 Å². The highest BCUT2D eigenvalue weighted by Crippen LogP contribution is 2.23. The second-order valence-electron chi connectivity index (χ2n) is 2.26. The lowest BCUT2D eigenvalue weighted by Gasteiger charge is -1.98. The lowest BCUT2D eigenvalue weighted by molar-refractivity contribution is 0.0514. The number of H-pyrrole nitrogens is 1. The topological polar surface area (TPSA) is 65.9 Å². The zero-order valence-electron chi connectivity index (χ0n) is 7.33. The van der Waals surface area contributed by atoms with Crippen LogP contribution in [0, 0.1) is 16.5 Å². The molecule has 0 fully saturated rings. The first-order chi connectivity index (χ1) is 6.70. The van der Waals surface area contributed by atoms with Crippen molar-refractivity contribution in [1.29, 1.82) is 5.26 Å². The van der Waals surface area contributed by atoms with Crippen molar-refractivity contribution in [3.8, 4) is 5.40 Å². The van der Waals surface area contributed by atoms with E-state index < -0.39 is 11.8 Å². The van der Waals surface area contributed by atoms with Gasteiger partial charge in [-0.05, 0) is 18.7 Å². The van der Waals surface area contributed by atoms with E-state index in [9.17, 15) is 9.18 Å². The summed E-state index contributed by atoms with van der Waals surface area (Å²) >= 11 is 0.650. The Labute approximate surface area is 84.1 Å². The Bertz CT molecular complexity index is 383. The van der Waals surface area contributed by atoms with Gasteiger partial charge in [-0.2, -0.15) is 5.26 Å². The van der Waals surface area contributed by atoms with E-state index in [4.69, 9.17) is 5.26 Å². The van der Waals surface area contributed by atoms with Gasteiger partial charge in [0.2, 0.25) is 0 Å². The number of rotatable bonds is 3. The van der Waals surface area contributed by atoms with E-state index in [0.717, 1.165) is 0 Å². The molecule has 74 valence electrons. The fraction of sp³-hybridized carbons (Fsp3) is 0.250.